The molecule has 114 valence electrons. The number of imidazole rings is 1. The van der Waals surface area contributed by atoms with E-state index >= 15 is 0 Å². The number of fused-ring (bicyclic) bond motifs is 1. The van der Waals surface area contributed by atoms with Crippen molar-refractivity contribution < 1.29 is 8.42 Å². The Morgan fingerprint density at radius 2 is 2.29 bits per heavy atom. The van der Waals surface area contributed by atoms with E-state index in [1.807, 2.05) is 17.8 Å². The third kappa shape index (κ3) is 2.80. The van der Waals surface area contributed by atoms with Gasteiger partial charge >= 0.3 is 0 Å². The van der Waals surface area contributed by atoms with E-state index in [2.05, 4.69) is 26.2 Å². The van der Waals surface area contributed by atoms with E-state index in [0.717, 1.165) is 10.7 Å². The predicted molar refractivity (Wildman–Crippen MR) is 84.6 cm³/mol. The third-order valence-corrected chi connectivity index (χ3v) is 7.48. The maximum Gasteiger partial charge on any atom is 0.245 e. The van der Waals surface area contributed by atoms with E-state index in [4.69, 9.17) is 0 Å². The van der Waals surface area contributed by atoms with E-state index in [-0.39, 0.29) is 0 Å². The van der Waals surface area contributed by atoms with Gasteiger partial charge in [0, 0.05) is 36.9 Å². The Kier molecular flexibility index (Phi) is 4.19. The van der Waals surface area contributed by atoms with Crippen LogP contribution in [0.25, 0.3) is 0 Å². The molecule has 0 saturated heterocycles. The topological polar surface area (TPSA) is 67.2 Å². The van der Waals surface area contributed by atoms with Crippen LogP contribution in [0.2, 0.25) is 0 Å². The van der Waals surface area contributed by atoms with Crippen molar-refractivity contribution in [3.63, 3.8) is 0 Å². The fourth-order valence-electron chi connectivity index (χ4n) is 2.33. The third-order valence-electron chi connectivity index (χ3n) is 3.39. The van der Waals surface area contributed by atoms with Gasteiger partial charge in [0.1, 0.15) is 10.7 Å². The Labute approximate surface area is 136 Å². The molecule has 0 radical (unpaired) electrons. The molecule has 1 N–H and O–H groups in total. The molecule has 0 atom stereocenters. The first kappa shape index (κ1) is 15.2. The zero-order valence-corrected chi connectivity index (χ0v) is 14.6. The molecule has 3 rings (SSSR count). The summed E-state index contributed by atoms with van der Waals surface area (Å²) in [5.74, 6) is 0.784. The van der Waals surface area contributed by atoms with Crippen molar-refractivity contribution in [3.05, 3.63) is 32.9 Å². The number of aromatic nitrogens is 2. The fourth-order valence-corrected chi connectivity index (χ4v) is 6.36. The molecule has 0 spiro atoms. The van der Waals surface area contributed by atoms with E-state index in [1.54, 1.807) is 12.3 Å². The summed E-state index contributed by atoms with van der Waals surface area (Å²) in [7, 11) is -1.66. The molecule has 0 amide bonds. The van der Waals surface area contributed by atoms with Crippen molar-refractivity contribution in [3.8, 4) is 0 Å². The van der Waals surface area contributed by atoms with Crippen LogP contribution in [0.15, 0.2) is 27.1 Å². The number of hydrogen-bond donors (Lipinski definition) is 1. The standard InChI is InChI=1S/C12H15BrN4O2S2/c1-14-7-9-6-10(12(13)20-9)21(18,19)17-5-4-16-3-2-15-11(16)8-17/h2-3,6,14H,4-5,7-8H2,1H3. The highest BCUT2D eigenvalue weighted by Gasteiger charge is 2.31. The number of nitrogens with one attached hydrogen (secondary N) is 1. The van der Waals surface area contributed by atoms with Gasteiger partial charge in [0.15, 0.2) is 0 Å². The Balaban J connectivity index is 1.91. The van der Waals surface area contributed by atoms with Gasteiger partial charge in [-0.1, -0.05) is 0 Å². The number of sulfonamides is 1. The van der Waals surface area contributed by atoms with Gasteiger partial charge in [0.05, 0.1) is 10.3 Å². The summed E-state index contributed by atoms with van der Waals surface area (Å²) in [5, 5.41) is 3.03. The lowest BCUT2D eigenvalue weighted by molar-refractivity contribution is 0.335. The summed E-state index contributed by atoms with van der Waals surface area (Å²) in [6.45, 7) is 2.08. The summed E-state index contributed by atoms with van der Waals surface area (Å²) in [5.41, 5.74) is 0. The molecule has 9 heteroatoms. The Morgan fingerprint density at radius 3 is 3.05 bits per heavy atom. The summed E-state index contributed by atoms with van der Waals surface area (Å²) < 4.78 is 29.7. The quantitative estimate of drug-likeness (QED) is 0.861. The normalized spacial score (nSPS) is 16.1. The molecule has 3 heterocycles. The molecule has 0 bridgehead atoms. The molecular formula is C12H15BrN4O2S2. The zero-order valence-electron chi connectivity index (χ0n) is 11.4. The Morgan fingerprint density at radius 1 is 1.48 bits per heavy atom. The fraction of sp³-hybridized carbons (Fsp3) is 0.417. The second-order valence-electron chi connectivity index (χ2n) is 4.76. The van der Waals surface area contributed by atoms with E-state index in [0.29, 0.717) is 34.9 Å². The van der Waals surface area contributed by atoms with Gasteiger partial charge in [0.2, 0.25) is 10.0 Å². The van der Waals surface area contributed by atoms with Gasteiger partial charge in [0.25, 0.3) is 0 Å². The SMILES string of the molecule is CNCc1cc(S(=O)(=O)N2CCn3ccnc3C2)c(Br)s1. The van der Waals surface area contributed by atoms with Crippen molar-refractivity contribution in [2.75, 3.05) is 13.6 Å². The van der Waals surface area contributed by atoms with Crippen LogP contribution in [0.5, 0.6) is 0 Å². The van der Waals surface area contributed by atoms with E-state index in [1.165, 1.54) is 15.6 Å². The van der Waals surface area contributed by atoms with Crippen molar-refractivity contribution in [1.29, 1.82) is 0 Å². The van der Waals surface area contributed by atoms with E-state index in [9.17, 15) is 8.42 Å². The molecule has 0 saturated carbocycles. The van der Waals surface area contributed by atoms with Gasteiger partial charge in [-0.15, -0.1) is 11.3 Å². The number of halogens is 1. The summed E-state index contributed by atoms with van der Waals surface area (Å²) in [6, 6.07) is 1.74. The molecule has 0 aliphatic carbocycles. The van der Waals surface area contributed by atoms with Crippen molar-refractivity contribution in [2.45, 2.75) is 24.5 Å². The Bertz CT molecular complexity index is 753. The van der Waals surface area contributed by atoms with Crippen LogP contribution in [-0.2, 0) is 29.7 Å². The van der Waals surface area contributed by atoms with Gasteiger partial charge in [-0.25, -0.2) is 13.4 Å². The van der Waals surface area contributed by atoms with Crippen LogP contribution >= 0.6 is 27.3 Å². The Hall–Kier alpha value is -0.740. The van der Waals surface area contributed by atoms with Crippen LogP contribution in [0, 0.1) is 0 Å². The summed E-state index contributed by atoms with van der Waals surface area (Å²) in [4.78, 5) is 5.54. The van der Waals surface area contributed by atoms with Crippen LogP contribution < -0.4 is 5.32 Å². The largest absolute Gasteiger partial charge is 0.333 e. The van der Waals surface area contributed by atoms with Gasteiger partial charge in [-0.3, -0.25) is 0 Å². The first-order valence-corrected chi connectivity index (χ1v) is 9.50. The predicted octanol–water partition coefficient (Wildman–Crippen LogP) is 1.63. The average Bonchev–Trinajstić information content (AvgIpc) is 3.04. The lowest BCUT2D eigenvalue weighted by atomic mass is 10.4. The number of thiophene rings is 1. The monoisotopic (exact) mass is 390 g/mol. The highest BCUT2D eigenvalue weighted by molar-refractivity contribution is 9.11. The first-order valence-electron chi connectivity index (χ1n) is 6.45. The van der Waals surface area contributed by atoms with Gasteiger partial charge in [-0.05, 0) is 29.0 Å². The highest BCUT2D eigenvalue weighted by Crippen LogP contribution is 2.34. The highest BCUT2D eigenvalue weighted by atomic mass is 79.9. The lowest BCUT2D eigenvalue weighted by Gasteiger charge is -2.26. The molecule has 21 heavy (non-hydrogen) atoms. The number of rotatable bonds is 4. The molecular weight excluding hydrogens is 376 g/mol. The second kappa shape index (κ2) is 5.81. The van der Waals surface area contributed by atoms with Crippen LogP contribution in [0.1, 0.15) is 10.7 Å². The van der Waals surface area contributed by atoms with Crippen molar-refractivity contribution in [1.82, 2.24) is 19.2 Å². The lowest BCUT2D eigenvalue weighted by Crippen LogP contribution is -2.38. The van der Waals surface area contributed by atoms with Gasteiger partial charge in [-0.2, -0.15) is 4.31 Å². The maximum atomic E-state index is 12.8. The second-order valence-corrected chi connectivity index (χ2v) is 9.12. The van der Waals surface area contributed by atoms with Crippen LogP contribution in [-0.4, -0.2) is 35.9 Å². The van der Waals surface area contributed by atoms with Crippen LogP contribution in [0.3, 0.4) is 0 Å². The minimum Gasteiger partial charge on any atom is -0.333 e. The number of hydrogen-bond acceptors (Lipinski definition) is 5. The minimum absolute atomic E-state index is 0.318. The molecule has 0 fully saturated rings. The zero-order chi connectivity index (χ0) is 15.0. The van der Waals surface area contributed by atoms with Crippen molar-refractivity contribution in [2.24, 2.45) is 0 Å². The van der Waals surface area contributed by atoms with Crippen molar-refractivity contribution >= 4 is 37.3 Å². The molecule has 0 aromatic carbocycles. The molecule has 1 aliphatic heterocycles. The maximum absolute atomic E-state index is 12.8. The molecule has 1 aliphatic rings. The smallest absolute Gasteiger partial charge is 0.245 e. The first-order chi connectivity index (χ1) is 10.0. The molecule has 0 unspecified atom stereocenters. The minimum atomic E-state index is -3.50. The van der Waals surface area contributed by atoms with Crippen LogP contribution in [0.4, 0.5) is 0 Å². The molecule has 6 nitrogen and oxygen atoms in total. The summed E-state index contributed by atoms with van der Waals surface area (Å²) >= 11 is 4.82. The summed E-state index contributed by atoms with van der Waals surface area (Å²) in [6.07, 6.45) is 3.59. The van der Waals surface area contributed by atoms with Gasteiger partial charge < -0.3 is 9.88 Å². The number of nitrogens with zero attached hydrogens (tertiary/aromatic N) is 3. The van der Waals surface area contributed by atoms with E-state index < -0.39 is 10.0 Å². The molecule has 2 aromatic heterocycles. The molecule has 2 aromatic rings. The average molecular weight is 391 g/mol.